The molecule has 0 aromatic heterocycles. The summed E-state index contributed by atoms with van der Waals surface area (Å²) in [6.07, 6.45) is 3.25. The second kappa shape index (κ2) is 8.15. The number of esters is 1. The molecule has 4 nitrogen and oxygen atoms in total. The van der Waals surface area contributed by atoms with Gasteiger partial charge in [-0.15, -0.1) is 0 Å². The molecule has 1 atom stereocenters. The number of carbonyl (C=O) groups excluding carboxylic acids is 3. The molecule has 0 N–H and O–H groups in total. The highest BCUT2D eigenvalue weighted by atomic mass is 16.5. The van der Waals surface area contributed by atoms with Crippen LogP contribution >= 0.6 is 0 Å². The van der Waals surface area contributed by atoms with Crippen LogP contribution in [0.3, 0.4) is 0 Å². The van der Waals surface area contributed by atoms with Crippen LogP contribution in [0.1, 0.15) is 39.5 Å². The van der Waals surface area contributed by atoms with Gasteiger partial charge in [0.2, 0.25) is 0 Å². The molecule has 0 spiro atoms. The first kappa shape index (κ1) is 13.8. The molecular weight excluding hydrogens is 196 g/mol. The molecule has 15 heavy (non-hydrogen) atoms. The van der Waals surface area contributed by atoms with Crippen molar-refractivity contribution >= 4 is 18.0 Å². The third-order valence-electron chi connectivity index (χ3n) is 2.08. The Morgan fingerprint density at radius 1 is 1.27 bits per heavy atom. The fourth-order valence-corrected chi connectivity index (χ4v) is 1.23. The maximum atomic E-state index is 10.7. The highest BCUT2D eigenvalue weighted by Gasteiger charge is 2.08. The predicted octanol–water partition coefficient (Wildman–Crippen LogP) is 1.51. The number of hydrogen-bond acceptors (Lipinski definition) is 4. The second-order valence-electron chi connectivity index (χ2n) is 3.62. The molecule has 0 aliphatic heterocycles. The van der Waals surface area contributed by atoms with Gasteiger partial charge in [0.15, 0.2) is 0 Å². The van der Waals surface area contributed by atoms with Crippen molar-refractivity contribution in [1.82, 2.24) is 0 Å². The lowest BCUT2D eigenvalue weighted by atomic mass is 9.98. The molecule has 0 aliphatic carbocycles. The first-order valence-electron chi connectivity index (χ1n) is 5.14. The largest absolute Gasteiger partial charge is 0.466 e. The summed E-state index contributed by atoms with van der Waals surface area (Å²) < 4.78 is 4.74. The van der Waals surface area contributed by atoms with Crippen LogP contribution < -0.4 is 0 Å². The van der Waals surface area contributed by atoms with E-state index in [9.17, 15) is 14.4 Å². The zero-order chi connectivity index (χ0) is 11.7. The zero-order valence-corrected chi connectivity index (χ0v) is 9.32. The fourth-order valence-electron chi connectivity index (χ4n) is 1.23. The van der Waals surface area contributed by atoms with Gasteiger partial charge >= 0.3 is 5.97 Å². The van der Waals surface area contributed by atoms with Crippen LogP contribution in [-0.4, -0.2) is 24.6 Å². The molecule has 0 rings (SSSR count). The van der Waals surface area contributed by atoms with E-state index in [1.165, 1.54) is 13.8 Å². The summed E-state index contributed by atoms with van der Waals surface area (Å²) in [5.41, 5.74) is 0. The molecule has 0 radical (unpaired) electrons. The molecule has 0 aliphatic rings. The average molecular weight is 214 g/mol. The van der Waals surface area contributed by atoms with Crippen molar-refractivity contribution in [2.45, 2.75) is 39.5 Å². The maximum absolute atomic E-state index is 10.7. The molecule has 0 amide bonds. The van der Waals surface area contributed by atoms with Crippen LogP contribution in [0.4, 0.5) is 0 Å². The van der Waals surface area contributed by atoms with Gasteiger partial charge in [-0.05, 0) is 26.2 Å². The van der Waals surface area contributed by atoms with E-state index in [4.69, 9.17) is 4.74 Å². The summed E-state index contributed by atoms with van der Waals surface area (Å²) >= 11 is 0. The predicted molar refractivity (Wildman–Crippen MR) is 55.3 cm³/mol. The van der Waals surface area contributed by atoms with Crippen molar-refractivity contribution in [3.8, 4) is 0 Å². The fraction of sp³-hybridized carbons (Fsp3) is 0.727. The minimum Gasteiger partial charge on any atom is -0.466 e. The summed E-state index contributed by atoms with van der Waals surface area (Å²) in [7, 11) is 0. The van der Waals surface area contributed by atoms with Crippen molar-refractivity contribution in [2.75, 3.05) is 6.61 Å². The summed E-state index contributed by atoms with van der Waals surface area (Å²) in [6, 6.07) is 0. The van der Waals surface area contributed by atoms with E-state index in [2.05, 4.69) is 0 Å². The van der Waals surface area contributed by atoms with Gasteiger partial charge in [0.05, 0.1) is 6.61 Å². The number of carbonyl (C=O) groups is 3. The molecule has 0 fully saturated rings. The summed E-state index contributed by atoms with van der Waals surface area (Å²) in [5, 5.41) is 0. The van der Waals surface area contributed by atoms with Crippen LogP contribution in [0, 0.1) is 5.92 Å². The third kappa shape index (κ3) is 9.12. The van der Waals surface area contributed by atoms with Crippen molar-refractivity contribution in [1.29, 1.82) is 0 Å². The molecule has 0 saturated carbocycles. The first-order valence-corrected chi connectivity index (χ1v) is 5.14. The number of hydrogen-bond donors (Lipinski definition) is 0. The average Bonchev–Trinajstić information content (AvgIpc) is 2.16. The van der Waals surface area contributed by atoms with Crippen LogP contribution in [0.25, 0.3) is 0 Å². The van der Waals surface area contributed by atoms with Crippen LogP contribution in [-0.2, 0) is 19.1 Å². The van der Waals surface area contributed by atoms with Gasteiger partial charge in [0.25, 0.3) is 0 Å². The standard InChI is InChI=1S/C11H18O4/c1-9(13)5-6-11(8-12)4-3-7-15-10(2)14/h8,11H,3-7H2,1-2H3/t11-/m1/s1. The lowest BCUT2D eigenvalue weighted by Gasteiger charge is -2.08. The monoisotopic (exact) mass is 214 g/mol. The van der Waals surface area contributed by atoms with Crippen molar-refractivity contribution in [3.63, 3.8) is 0 Å². The topological polar surface area (TPSA) is 60.4 Å². The SMILES string of the molecule is CC(=O)CC[C@H](C=O)CCCOC(C)=O. The summed E-state index contributed by atoms with van der Waals surface area (Å²) in [6.45, 7) is 3.22. The number of Topliss-reactive ketones (excluding diaryl/α,β-unsaturated/α-hetero) is 1. The first-order chi connectivity index (χ1) is 7.06. The van der Waals surface area contributed by atoms with Crippen molar-refractivity contribution < 1.29 is 19.1 Å². The second-order valence-corrected chi connectivity index (χ2v) is 3.62. The van der Waals surface area contributed by atoms with Crippen LogP contribution in [0.15, 0.2) is 0 Å². The molecule has 0 bridgehead atoms. The molecule has 0 saturated heterocycles. The molecule has 0 heterocycles. The van der Waals surface area contributed by atoms with Gasteiger partial charge in [0, 0.05) is 19.3 Å². The van der Waals surface area contributed by atoms with Gasteiger partial charge in [-0.2, -0.15) is 0 Å². The third-order valence-corrected chi connectivity index (χ3v) is 2.08. The quantitative estimate of drug-likeness (QED) is 0.349. The molecule has 0 unspecified atom stereocenters. The Bertz CT molecular complexity index is 223. The highest BCUT2D eigenvalue weighted by molar-refractivity contribution is 5.75. The van der Waals surface area contributed by atoms with E-state index in [1.54, 1.807) is 0 Å². The van der Waals surface area contributed by atoms with E-state index in [0.29, 0.717) is 32.3 Å². The van der Waals surface area contributed by atoms with Gasteiger partial charge in [-0.25, -0.2) is 0 Å². The van der Waals surface area contributed by atoms with Crippen molar-refractivity contribution in [3.05, 3.63) is 0 Å². The molecule has 0 aromatic rings. The van der Waals surface area contributed by atoms with Gasteiger partial charge in [-0.1, -0.05) is 0 Å². The minimum atomic E-state index is -0.304. The summed E-state index contributed by atoms with van der Waals surface area (Å²) in [5.74, 6) is -0.298. The normalized spacial score (nSPS) is 11.9. The van der Waals surface area contributed by atoms with E-state index >= 15 is 0 Å². The number of ketones is 1. The zero-order valence-electron chi connectivity index (χ0n) is 9.32. The van der Waals surface area contributed by atoms with Crippen LogP contribution in [0.2, 0.25) is 0 Å². The van der Waals surface area contributed by atoms with Gasteiger partial charge in [0.1, 0.15) is 12.1 Å². The Morgan fingerprint density at radius 2 is 1.93 bits per heavy atom. The Kier molecular flexibility index (Phi) is 7.50. The van der Waals surface area contributed by atoms with Crippen LogP contribution in [0.5, 0.6) is 0 Å². The summed E-state index contributed by atoms with van der Waals surface area (Å²) in [4.78, 5) is 31.8. The molecular formula is C11H18O4. The molecule has 0 aromatic carbocycles. The Labute approximate surface area is 90.0 Å². The molecule has 4 heteroatoms. The lowest BCUT2D eigenvalue weighted by Crippen LogP contribution is -2.07. The van der Waals surface area contributed by atoms with E-state index in [0.717, 1.165) is 6.29 Å². The minimum absolute atomic E-state index is 0.0931. The maximum Gasteiger partial charge on any atom is 0.302 e. The number of rotatable bonds is 8. The Hall–Kier alpha value is -1.19. The number of ether oxygens (including phenoxy) is 1. The van der Waals surface area contributed by atoms with Gasteiger partial charge < -0.3 is 14.3 Å². The van der Waals surface area contributed by atoms with E-state index in [-0.39, 0.29) is 17.7 Å². The lowest BCUT2D eigenvalue weighted by molar-refractivity contribution is -0.141. The van der Waals surface area contributed by atoms with Crippen molar-refractivity contribution in [2.24, 2.45) is 5.92 Å². The number of aldehydes is 1. The Morgan fingerprint density at radius 3 is 2.40 bits per heavy atom. The van der Waals surface area contributed by atoms with E-state index < -0.39 is 0 Å². The smallest absolute Gasteiger partial charge is 0.302 e. The molecule has 86 valence electrons. The Balaban J connectivity index is 3.57. The highest BCUT2D eigenvalue weighted by Crippen LogP contribution is 2.11. The van der Waals surface area contributed by atoms with E-state index in [1.807, 2.05) is 0 Å². The van der Waals surface area contributed by atoms with Gasteiger partial charge in [-0.3, -0.25) is 4.79 Å².